The molecule has 6 heteroatoms. The van der Waals surface area contributed by atoms with Crippen molar-refractivity contribution in [3.63, 3.8) is 0 Å². The first-order valence-corrected chi connectivity index (χ1v) is 11.4. The summed E-state index contributed by atoms with van der Waals surface area (Å²) in [4.78, 5) is 15.3. The quantitative estimate of drug-likeness (QED) is 0.399. The molecule has 1 amide bonds. The standard InChI is InChI=1S/C26H25Cl2NO3/c1-4-31-23-12-18-13-25(30)29(20-11-6-16(3)22(28)14-20)26(17-7-9-19(27)10-8-17)21(18)15-24(23)32-5-2/h6-12,14-15,26H,4-5,13H2,1-3H3/t26-/m0/s1. The largest absolute Gasteiger partial charge is 0.490 e. The second-order valence-electron chi connectivity index (χ2n) is 7.69. The number of benzene rings is 3. The topological polar surface area (TPSA) is 38.8 Å². The number of fused-ring (bicyclic) bond motifs is 1. The summed E-state index contributed by atoms with van der Waals surface area (Å²) < 4.78 is 11.7. The number of ether oxygens (including phenoxy) is 2. The summed E-state index contributed by atoms with van der Waals surface area (Å²) in [5, 5.41) is 1.26. The first-order valence-electron chi connectivity index (χ1n) is 10.7. The van der Waals surface area contributed by atoms with Crippen molar-refractivity contribution < 1.29 is 14.3 Å². The lowest BCUT2D eigenvalue weighted by Crippen LogP contribution is -2.41. The van der Waals surface area contributed by atoms with E-state index >= 15 is 0 Å². The molecule has 0 spiro atoms. The molecular weight excluding hydrogens is 445 g/mol. The number of halogens is 2. The highest BCUT2D eigenvalue weighted by atomic mass is 35.5. The van der Waals surface area contributed by atoms with Crippen molar-refractivity contribution in [1.29, 1.82) is 0 Å². The summed E-state index contributed by atoms with van der Waals surface area (Å²) in [6, 6.07) is 16.9. The molecule has 1 heterocycles. The number of anilines is 1. The average molecular weight is 470 g/mol. The highest BCUT2D eigenvalue weighted by Crippen LogP contribution is 2.44. The Kier molecular flexibility index (Phi) is 6.63. The molecular formula is C26H25Cl2NO3. The molecule has 3 aromatic rings. The predicted octanol–water partition coefficient (Wildman–Crippen LogP) is 6.78. The Balaban J connectivity index is 1.93. The number of rotatable bonds is 6. The fraction of sp³-hybridized carbons (Fsp3) is 0.269. The van der Waals surface area contributed by atoms with Crippen molar-refractivity contribution in [2.75, 3.05) is 18.1 Å². The van der Waals surface area contributed by atoms with Crippen molar-refractivity contribution in [2.45, 2.75) is 33.2 Å². The van der Waals surface area contributed by atoms with E-state index in [1.165, 1.54) is 0 Å². The number of hydrogen-bond acceptors (Lipinski definition) is 3. The number of carbonyl (C=O) groups excluding carboxylic acids is 1. The molecule has 0 aromatic heterocycles. The van der Waals surface area contributed by atoms with Gasteiger partial charge in [0.1, 0.15) is 0 Å². The number of amides is 1. The number of aryl methyl sites for hydroxylation is 1. The Morgan fingerprint density at radius 2 is 1.59 bits per heavy atom. The molecule has 1 aliphatic heterocycles. The van der Waals surface area contributed by atoms with Gasteiger partial charge in [0, 0.05) is 15.7 Å². The van der Waals surface area contributed by atoms with Crippen LogP contribution in [0.25, 0.3) is 0 Å². The van der Waals surface area contributed by atoms with Crippen LogP contribution in [-0.4, -0.2) is 19.1 Å². The molecule has 1 aliphatic rings. The molecule has 0 fully saturated rings. The predicted molar refractivity (Wildman–Crippen MR) is 129 cm³/mol. The molecule has 0 bridgehead atoms. The molecule has 0 N–H and O–H groups in total. The van der Waals surface area contributed by atoms with Gasteiger partial charge >= 0.3 is 0 Å². The van der Waals surface area contributed by atoms with Crippen LogP contribution in [-0.2, 0) is 11.2 Å². The molecule has 3 aromatic carbocycles. The van der Waals surface area contributed by atoms with Crippen LogP contribution in [0, 0.1) is 6.92 Å². The third kappa shape index (κ3) is 4.30. The van der Waals surface area contributed by atoms with Crippen LogP contribution in [0.4, 0.5) is 5.69 Å². The number of hydrogen-bond donors (Lipinski definition) is 0. The molecule has 0 aliphatic carbocycles. The van der Waals surface area contributed by atoms with Crippen LogP contribution in [0.3, 0.4) is 0 Å². The van der Waals surface area contributed by atoms with Gasteiger partial charge in [-0.1, -0.05) is 41.4 Å². The van der Waals surface area contributed by atoms with Crippen molar-refractivity contribution in [1.82, 2.24) is 0 Å². The molecule has 166 valence electrons. The smallest absolute Gasteiger partial charge is 0.232 e. The number of carbonyl (C=O) groups is 1. The van der Waals surface area contributed by atoms with Gasteiger partial charge in [0.25, 0.3) is 0 Å². The van der Waals surface area contributed by atoms with Gasteiger partial charge < -0.3 is 14.4 Å². The first-order chi connectivity index (χ1) is 15.4. The Morgan fingerprint density at radius 1 is 0.938 bits per heavy atom. The lowest BCUT2D eigenvalue weighted by atomic mass is 9.86. The maximum absolute atomic E-state index is 13.5. The third-order valence-corrected chi connectivity index (χ3v) is 6.25. The minimum absolute atomic E-state index is 0.0102. The van der Waals surface area contributed by atoms with E-state index in [2.05, 4.69) is 0 Å². The normalized spacial score (nSPS) is 15.5. The van der Waals surface area contributed by atoms with Gasteiger partial charge in [-0.3, -0.25) is 4.79 Å². The van der Waals surface area contributed by atoms with E-state index in [0.717, 1.165) is 27.9 Å². The van der Waals surface area contributed by atoms with E-state index in [1.807, 2.05) is 80.3 Å². The monoisotopic (exact) mass is 469 g/mol. The van der Waals surface area contributed by atoms with Crippen molar-refractivity contribution in [3.05, 3.63) is 86.9 Å². The average Bonchev–Trinajstić information content (AvgIpc) is 2.77. The van der Waals surface area contributed by atoms with Crippen LogP contribution in [0.15, 0.2) is 54.6 Å². The maximum Gasteiger partial charge on any atom is 0.232 e. The summed E-state index contributed by atoms with van der Waals surface area (Å²) in [5.41, 5.74) is 4.59. The lowest BCUT2D eigenvalue weighted by Gasteiger charge is -2.38. The Hall–Kier alpha value is -2.69. The zero-order valence-electron chi connectivity index (χ0n) is 18.3. The van der Waals surface area contributed by atoms with Crippen LogP contribution >= 0.6 is 23.2 Å². The zero-order valence-corrected chi connectivity index (χ0v) is 19.8. The lowest BCUT2D eigenvalue weighted by molar-refractivity contribution is -0.118. The molecule has 0 saturated heterocycles. The van der Waals surface area contributed by atoms with Crippen molar-refractivity contribution >= 4 is 34.8 Å². The van der Waals surface area contributed by atoms with Gasteiger partial charge in [-0.2, -0.15) is 0 Å². The van der Waals surface area contributed by atoms with Gasteiger partial charge in [0.05, 0.1) is 25.7 Å². The number of nitrogens with zero attached hydrogens (tertiary/aromatic N) is 1. The van der Waals surface area contributed by atoms with Crippen LogP contribution < -0.4 is 14.4 Å². The van der Waals surface area contributed by atoms with E-state index in [0.29, 0.717) is 34.8 Å². The Morgan fingerprint density at radius 3 is 2.22 bits per heavy atom. The Bertz CT molecular complexity index is 1140. The fourth-order valence-corrected chi connectivity index (χ4v) is 4.39. The van der Waals surface area contributed by atoms with Crippen molar-refractivity contribution in [2.24, 2.45) is 0 Å². The van der Waals surface area contributed by atoms with E-state index in [1.54, 1.807) is 0 Å². The highest BCUT2D eigenvalue weighted by molar-refractivity contribution is 6.31. The van der Waals surface area contributed by atoms with Gasteiger partial charge in [-0.25, -0.2) is 0 Å². The Labute approximate surface area is 198 Å². The third-order valence-electron chi connectivity index (χ3n) is 5.59. The molecule has 4 nitrogen and oxygen atoms in total. The summed E-state index contributed by atoms with van der Waals surface area (Å²) >= 11 is 12.6. The highest BCUT2D eigenvalue weighted by Gasteiger charge is 2.36. The van der Waals surface area contributed by atoms with E-state index in [9.17, 15) is 4.79 Å². The van der Waals surface area contributed by atoms with E-state index < -0.39 is 0 Å². The molecule has 0 unspecified atom stereocenters. The molecule has 1 atom stereocenters. The van der Waals surface area contributed by atoms with Gasteiger partial charge in [0.2, 0.25) is 5.91 Å². The van der Waals surface area contributed by atoms with Crippen LogP contribution in [0.5, 0.6) is 11.5 Å². The van der Waals surface area contributed by atoms with Gasteiger partial charge in [-0.15, -0.1) is 0 Å². The first kappa shape index (κ1) is 22.5. The van der Waals surface area contributed by atoms with Crippen molar-refractivity contribution in [3.8, 4) is 11.5 Å². The van der Waals surface area contributed by atoms with Crippen LogP contribution in [0.2, 0.25) is 10.0 Å². The van der Waals surface area contributed by atoms with Crippen LogP contribution in [0.1, 0.15) is 42.1 Å². The summed E-state index contributed by atoms with van der Waals surface area (Å²) in [7, 11) is 0. The maximum atomic E-state index is 13.5. The summed E-state index contributed by atoms with van der Waals surface area (Å²) in [6.07, 6.45) is 0.261. The minimum atomic E-state index is -0.350. The second kappa shape index (κ2) is 9.43. The van der Waals surface area contributed by atoms with E-state index in [4.69, 9.17) is 32.7 Å². The SMILES string of the molecule is CCOc1cc2c(cc1OCC)[C@H](c1ccc(Cl)cc1)N(c1ccc(C)c(Cl)c1)C(=O)C2. The molecule has 0 saturated carbocycles. The van der Waals surface area contributed by atoms with Gasteiger partial charge in [-0.05, 0) is 79.4 Å². The summed E-state index contributed by atoms with van der Waals surface area (Å²) in [5.74, 6) is 1.31. The molecule has 32 heavy (non-hydrogen) atoms. The fourth-order valence-electron chi connectivity index (χ4n) is 4.09. The second-order valence-corrected chi connectivity index (χ2v) is 8.54. The van der Waals surface area contributed by atoms with Gasteiger partial charge in [0.15, 0.2) is 11.5 Å². The zero-order chi connectivity index (χ0) is 22.8. The summed E-state index contributed by atoms with van der Waals surface area (Å²) in [6.45, 7) is 6.84. The minimum Gasteiger partial charge on any atom is -0.490 e. The molecule has 4 rings (SSSR count). The van der Waals surface area contributed by atoms with E-state index in [-0.39, 0.29) is 18.4 Å². The molecule has 0 radical (unpaired) electrons.